The number of nitrogens with one attached hydrogen (secondary N) is 2. The zero-order valence-corrected chi connectivity index (χ0v) is 11.4. The van der Waals surface area contributed by atoms with E-state index in [1.807, 2.05) is 4.90 Å². The number of hydrogen-bond donors (Lipinski definition) is 2. The van der Waals surface area contributed by atoms with Crippen LogP contribution in [0.2, 0.25) is 0 Å². The fourth-order valence-corrected chi connectivity index (χ4v) is 2.58. The van der Waals surface area contributed by atoms with Crippen LogP contribution in [0.4, 0.5) is 0 Å². The first-order valence-electron chi connectivity index (χ1n) is 7.09. The van der Waals surface area contributed by atoms with Crippen molar-refractivity contribution in [1.29, 1.82) is 0 Å². The van der Waals surface area contributed by atoms with Crippen molar-refractivity contribution in [3.8, 4) is 0 Å². The molecular weight excluding hydrogens is 244 g/mol. The van der Waals surface area contributed by atoms with Crippen LogP contribution in [0.1, 0.15) is 39.0 Å². The summed E-state index contributed by atoms with van der Waals surface area (Å²) < 4.78 is 0. The van der Waals surface area contributed by atoms with Gasteiger partial charge in [0.05, 0.1) is 0 Å². The Morgan fingerprint density at radius 3 is 2.89 bits per heavy atom. The van der Waals surface area contributed by atoms with Gasteiger partial charge in [-0.15, -0.1) is 0 Å². The van der Waals surface area contributed by atoms with E-state index in [1.165, 1.54) is 0 Å². The number of rotatable bonds is 4. The summed E-state index contributed by atoms with van der Waals surface area (Å²) >= 11 is 0. The van der Waals surface area contributed by atoms with Crippen LogP contribution in [0.15, 0.2) is 5.10 Å². The van der Waals surface area contributed by atoms with E-state index < -0.39 is 0 Å². The summed E-state index contributed by atoms with van der Waals surface area (Å²) in [5.74, 6) is -0.131. The molecule has 2 aliphatic rings. The molecule has 0 spiro atoms. The maximum atomic E-state index is 12.5. The Labute approximate surface area is 113 Å². The first-order valence-corrected chi connectivity index (χ1v) is 7.09. The Morgan fingerprint density at radius 1 is 1.47 bits per heavy atom. The van der Waals surface area contributed by atoms with Crippen LogP contribution in [0.5, 0.6) is 0 Å². The van der Waals surface area contributed by atoms with Crippen LogP contribution in [0.25, 0.3) is 0 Å². The number of hydrazone groups is 1. The summed E-state index contributed by atoms with van der Waals surface area (Å²) in [6.45, 7) is 4.70. The molecule has 2 aliphatic heterocycles. The summed E-state index contributed by atoms with van der Waals surface area (Å²) in [7, 11) is 0. The van der Waals surface area contributed by atoms with Gasteiger partial charge in [0.25, 0.3) is 5.91 Å². The van der Waals surface area contributed by atoms with Crippen molar-refractivity contribution in [2.75, 3.05) is 19.6 Å². The molecule has 1 unspecified atom stereocenters. The Morgan fingerprint density at radius 2 is 2.32 bits per heavy atom. The van der Waals surface area contributed by atoms with Crippen molar-refractivity contribution in [3.05, 3.63) is 0 Å². The third-order valence-corrected chi connectivity index (χ3v) is 3.59. The fraction of sp³-hybridized carbons (Fsp3) is 0.769. The second-order valence-electron chi connectivity index (χ2n) is 5.09. The van der Waals surface area contributed by atoms with Gasteiger partial charge in [-0.3, -0.25) is 9.59 Å². The predicted octanol–water partition coefficient (Wildman–Crippen LogP) is 0.243. The molecule has 2 N–H and O–H groups in total. The third kappa shape index (κ3) is 3.53. The molecule has 0 aromatic carbocycles. The smallest absolute Gasteiger partial charge is 0.270 e. The molecular formula is C13H22N4O2. The number of amides is 2. The van der Waals surface area contributed by atoms with Gasteiger partial charge in [0.2, 0.25) is 5.91 Å². The van der Waals surface area contributed by atoms with Gasteiger partial charge in [0, 0.05) is 32.0 Å². The zero-order valence-electron chi connectivity index (χ0n) is 11.4. The summed E-state index contributed by atoms with van der Waals surface area (Å²) in [6, 6.07) is 0.251. The summed E-state index contributed by atoms with van der Waals surface area (Å²) in [4.78, 5) is 25.5. The molecule has 2 heterocycles. The molecule has 19 heavy (non-hydrogen) atoms. The van der Waals surface area contributed by atoms with E-state index in [-0.39, 0.29) is 17.9 Å². The molecule has 0 aliphatic carbocycles. The normalized spacial score (nSPS) is 23.5. The molecule has 2 amide bonds. The van der Waals surface area contributed by atoms with Crippen LogP contribution >= 0.6 is 0 Å². The fourth-order valence-electron chi connectivity index (χ4n) is 2.58. The quantitative estimate of drug-likeness (QED) is 0.765. The molecule has 106 valence electrons. The van der Waals surface area contributed by atoms with E-state index in [9.17, 15) is 9.59 Å². The Kier molecular flexibility index (Phi) is 4.90. The van der Waals surface area contributed by atoms with Crippen molar-refractivity contribution in [1.82, 2.24) is 15.6 Å². The van der Waals surface area contributed by atoms with E-state index in [1.54, 1.807) is 0 Å². The lowest BCUT2D eigenvalue weighted by molar-refractivity contribution is -0.127. The van der Waals surface area contributed by atoms with Crippen molar-refractivity contribution in [2.45, 2.75) is 45.1 Å². The first kappa shape index (κ1) is 14.0. The second kappa shape index (κ2) is 6.65. The van der Waals surface area contributed by atoms with Crippen LogP contribution in [-0.2, 0) is 9.59 Å². The van der Waals surface area contributed by atoms with Gasteiger partial charge in [0.1, 0.15) is 5.71 Å². The maximum Gasteiger partial charge on any atom is 0.270 e. The minimum atomic E-state index is -0.113. The van der Waals surface area contributed by atoms with Crippen molar-refractivity contribution in [3.63, 3.8) is 0 Å². The maximum absolute atomic E-state index is 12.5. The Bertz CT molecular complexity index is 375. The van der Waals surface area contributed by atoms with E-state index in [0.29, 0.717) is 18.6 Å². The number of carbonyl (C=O) groups excluding carboxylic acids is 2. The molecule has 2 rings (SSSR count). The highest BCUT2D eigenvalue weighted by Gasteiger charge is 2.29. The van der Waals surface area contributed by atoms with Crippen molar-refractivity contribution in [2.24, 2.45) is 5.10 Å². The van der Waals surface area contributed by atoms with Crippen LogP contribution in [-0.4, -0.2) is 48.1 Å². The summed E-state index contributed by atoms with van der Waals surface area (Å²) in [5, 5.41) is 7.25. The molecule has 6 nitrogen and oxygen atoms in total. The highest BCUT2D eigenvalue weighted by Crippen LogP contribution is 2.14. The van der Waals surface area contributed by atoms with Gasteiger partial charge in [-0.05, 0) is 25.8 Å². The number of carbonyl (C=O) groups is 2. The lowest BCUT2D eigenvalue weighted by Gasteiger charge is -2.35. The molecule has 0 radical (unpaired) electrons. The van der Waals surface area contributed by atoms with Gasteiger partial charge >= 0.3 is 0 Å². The lowest BCUT2D eigenvalue weighted by Crippen LogP contribution is -2.51. The summed E-state index contributed by atoms with van der Waals surface area (Å²) in [6.07, 6.45) is 3.88. The largest absolute Gasteiger partial charge is 0.333 e. The average Bonchev–Trinajstić information content (AvgIpc) is 2.46. The van der Waals surface area contributed by atoms with Gasteiger partial charge in [-0.1, -0.05) is 6.92 Å². The predicted molar refractivity (Wildman–Crippen MR) is 72.7 cm³/mol. The highest BCUT2D eigenvalue weighted by atomic mass is 16.2. The minimum Gasteiger partial charge on any atom is -0.333 e. The van der Waals surface area contributed by atoms with Crippen molar-refractivity contribution >= 4 is 17.5 Å². The molecule has 1 fully saturated rings. The zero-order chi connectivity index (χ0) is 13.7. The monoisotopic (exact) mass is 266 g/mol. The molecule has 0 aromatic rings. The van der Waals surface area contributed by atoms with E-state index in [4.69, 9.17) is 0 Å². The lowest BCUT2D eigenvalue weighted by atomic mass is 10.0. The number of nitrogens with zero attached hydrogens (tertiary/aromatic N) is 2. The van der Waals surface area contributed by atoms with E-state index in [2.05, 4.69) is 22.8 Å². The standard InChI is InChI=1S/C13H22N4O2/c1-2-8-17(10-4-3-7-14-9-10)13(19)11-5-6-12(18)16-15-11/h10,14H,2-9H2,1H3,(H,16,18). The van der Waals surface area contributed by atoms with Gasteiger partial charge in [-0.2, -0.15) is 5.10 Å². The molecule has 0 bridgehead atoms. The van der Waals surface area contributed by atoms with Gasteiger partial charge in [0.15, 0.2) is 0 Å². The second-order valence-corrected chi connectivity index (χ2v) is 5.09. The van der Waals surface area contributed by atoms with Crippen LogP contribution < -0.4 is 10.7 Å². The topological polar surface area (TPSA) is 73.8 Å². The van der Waals surface area contributed by atoms with Crippen LogP contribution in [0.3, 0.4) is 0 Å². The SMILES string of the molecule is CCCN(C(=O)C1=NNC(=O)CC1)C1CCCNC1. The van der Waals surface area contributed by atoms with Gasteiger partial charge in [-0.25, -0.2) is 5.43 Å². The minimum absolute atomic E-state index is 0.0180. The van der Waals surface area contributed by atoms with E-state index in [0.717, 1.165) is 38.9 Å². The Hall–Kier alpha value is -1.43. The molecule has 1 atom stereocenters. The molecule has 0 saturated carbocycles. The highest BCUT2D eigenvalue weighted by molar-refractivity contribution is 6.39. The van der Waals surface area contributed by atoms with Crippen LogP contribution in [0, 0.1) is 0 Å². The van der Waals surface area contributed by atoms with Gasteiger partial charge < -0.3 is 10.2 Å². The average molecular weight is 266 g/mol. The molecule has 1 saturated heterocycles. The number of hydrogen-bond acceptors (Lipinski definition) is 4. The number of piperidine rings is 1. The van der Waals surface area contributed by atoms with E-state index >= 15 is 0 Å². The first-order chi connectivity index (χ1) is 9.22. The Balaban J connectivity index is 2.05. The molecule has 0 aromatic heterocycles. The third-order valence-electron chi connectivity index (χ3n) is 3.59. The summed E-state index contributed by atoms with van der Waals surface area (Å²) in [5.41, 5.74) is 2.88. The van der Waals surface area contributed by atoms with Crippen molar-refractivity contribution < 1.29 is 9.59 Å². The molecule has 6 heteroatoms.